The molecule has 17 heavy (non-hydrogen) atoms. The third-order valence-electron chi connectivity index (χ3n) is 3.28. The van der Waals surface area contributed by atoms with E-state index in [1.165, 1.54) is 6.92 Å². The first kappa shape index (κ1) is 13.7. The lowest BCUT2D eigenvalue weighted by Crippen LogP contribution is -2.43. The van der Waals surface area contributed by atoms with Gasteiger partial charge in [0.05, 0.1) is 0 Å². The van der Waals surface area contributed by atoms with Gasteiger partial charge in [-0.25, -0.2) is 4.79 Å². The summed E-state index contributed by atoms with van der Waals surface area (Å²) >= 11 is 0. The average molecular weight is 240 g/mol. The molecule has 1 heterocycles. The number of likely N-dealkylation sites (tertiary alicyclic amines) is 1. The third kappa shape index (κ3) is 3.85. The molecule has 0 saturated carbocycles. The van der Waals surface area contributed by atoms with Crippen LogP contribution < -0.4 is 5.32 Å². The Balaban J connectivity index is 2.55. The molecule has 1 rings (SSSR count). The maximum atomic E-state index is 11.8. The summed E-state index contributed by atoms with van der Waals surface area (Å²) in [6.45, 7) is 4.93. The molecule has 0 aromatic carbocycles. The van der Waals surface area contributed by atoms with E-state index >= 15 is 0 Å². The summed E-state index contributed by atoms with van der Waals surface area (Å²) in [5, 5.41) is 11.7. The molecule has 1 amide bonds. The average Bonchev–Trinajstić information content (AvgIpc) is 2.30. The van der Waals surface area contributed by atoms with Gasteiger partial charge in [-0.2, -0.15) is 0 Å². The first-order valence-electron chi connectivity index (χ1n) is 5.82. The van der Waals surface area contributed by atoms with Gasteiger partial charge in [0, 0.05) is 17.2 Å². The van der Waals surface area contributed by atoms with E-state index in [0.717, 1.165) is 25.9 Å². The van der Waals surface area contributed by atoms with Crippen LogP contribution in [0.1, 0.15) is 26.7 Å². The van der Waals surface area contributed by atoms with Crippen molar-refractivity contribution in [2.75, 3.05) is 20.1 Å². The highest BCUT2D eigenvalue weighted by Crippen LogP contribution is 2.10. The van der Waals surface area contributed by atoms with E-state index in [4.69, 9.17) is 5.11 Å². The van der Waals surface area contributed by atoms with Gasteiger partial charge in [0.25, 0.3) is 0 Å². The minimum Gasteiger partial charge on any atom is -0.478 e. The molecule has 0 aliphatic carbocycles. The number of piperidine rings is 1. The van der Waals surface area contributed by atoms with E-state index in [1.807, 2.05) is 0 Å². The fourth-order valence-electron chi connectivity index (χ4n) is 1.78. The summed E-state index contributed by atoms with van der Waals surface area (Å²) < 4.78 is 0. The van der Waals surface area contributed by atoms with Crippen LogP contribution in [0.25, 0.3) is 0 Å². The van der Waals surface area contributed by atoms with E-state index in [0.29, 0.717) is 0 Å². The standard InChI is InChI=1S/C12H20N2O3/c1-8(9(2)12(16)17)11(15)13-10-4-6-14(3)7-5-10/h10H,4-7H2,1-3H3,(H,13,15)(H,16,17). The van der Waals surface area contributed by atoms with E-state index < -0.39 is 5.97 Å². The van der Waals surface area contributed by atoms with Crippen molar-refractivity contribution in [1.29, 1.82) is 0 Å². The molecule has 2 N–H and O–H groups in total. The van der Waals surface area contributed by atoms with Crippen LogP contribution in [0, 0.1) is 0 Å². The highest BCUT2D eigenvalue weighted by molar-refractivity contribution is 6.01. The van der Waals surface area contributed by atoms with Gasteiger partial charge in [0.1, 0.15) is 0 Å². The number of hydrogen-bond donors (Lipinski definition) is 2. The van der Waals surface area contributed by atoms with Gasteiger partial charge in [-0.1, -0.05) is 0 Å². The zero-order valence-electron chi connectivity index (χ0n) is 10.6. The third-order valence-corrected chi connectivity index (χ3v) is 3.28. The Morgan fingerprint density at radius 3 is 2.18 bits per heavy atom. The Labute approximate surface area is 101 Å². The number of carbonyl (C=O) groups excluding carboxylic acids is 1. The fourth-order valence-corrected chi connectivity index (χ4v) is 1.78. The van der Waals surface area contributed by atoms with Crippen LogP contribution >= 0.6 is 0 Å². The molecule has 5 nitrogen and oxygen atoms in total. The van der Waals surface area contributed by atoms with Crippen LogP contribution in [0.5, 0.6) is 0 Å². The highest BCUT2D eigenvalue weighted by atomic mass is 16.4. The van der Waals surface area contributed by atoms with Crippen molar-refractivity contribution in [1.82, 2.24) is 10.2 Å². The minimum atomic E-state index is -1.04. The predicted molar refractivity (Wildman–Crippen MR) is 64.7 cm³/mol. The monoisotopic (exact) mass is 240 g/mol. The van der Waals surface area contributed by atoms with Crippen LogP contribution in [0.4, 0.5) is 0 Å². The number of aliphatic carboxylic acids is 1. The second kappa shape index (κ2) is 5.82. The number of carbonyl (C=O) groups is 2. The van der Waals surface area contributed by atoms with Crippen molar-refractivity contribution in [3.63, 3.8) is 0 Å². The minimum absolute atomic E-state index is 0.107. The molecular weight excluding hydrogens is 220 g/mol. The van der Waals surface area contributed by atoms with Gasteiger partial charge in [-0.05, 0) is 46.8 Å². The van der Waals surface area contributed by atoms with Crippen molar-refractivity contribution < 1.29 is 14.7 Å². The highest BCUT2D eigenvalue weighted by Gasteiger charge is 2.20. The molecule has 1 aliphatic heterocycles. The van der Waals surface area contributed by atoms with Crippen molar-refractivity contribution in [3.8, 4) is 0 Å². The summed E-state index contributed by atoms with van der Waals surface area (Å²) in [5.74, 6) is -1.31. The second-order valence-corrected chi connectivity index (χ2v) is 4.61. The fraction of sp³-hybridized carbons (Fsp3) is 0.667. The Morgan fingerprint density at radius 1 is 1.18 bits per heavy atom. The van der Waals surface area contributed by atoms with Crippen molar-refractivity contribution in [3.05, 3.63) is 11.1 Å². The quantitative estimate of drug-likeness (QED) is 0.709. The van der Waals surface area contributed by atoms with Gasteiger partial charge < -0.3 is 15.3 Å². The van der Waals surface area contributed by atoms with Crippen molar-refractivity contribution in [2.45, 2.75) is 32.7 Å². The molecule has 1 fully saturated rings. The molecule has 96 valence electrons. The molecule has 0 atom stereocenters. The van der Waals surface area contributed by atoms with Gasteiger partial charge in [-0.15, -0.1) is 0 Å². The van der Waals surface area contributed by atoms with Gasteiger partial charge in [0.2, 0.25) is 5.91 Å². The van der Waals surface area contributed by atoms with E-state index in [-0.39, 0.29) is 23.1 Å². The SMILES string of the molecule is CC(C(=O)O)=C(C)C(=O)NC1CCN(C)CC1. The Bertz CT molecular complexity index is 342. The Kier molecular flexibility index (Phi) is 4.69. The molecule has 0 spiro atoms. The lowest BCUT2D eigenvalue weighted by atomic mass is 10.0. The molecule has 5 heteroatoms. The smallest absolute Gasteiger partial charge is 0.331 e. The number of carboxylic acids is 1. The number of carboxylic acid groups (broad SMARTS) is 1. The van der Waals surface area contributed by atoms with Gasteiger partial charge in [0.15, 0.2) is 0 Å². The lowest BCUT2D eigenvalue weighted by Gasteiger charge is -2.29. The molecular formula is C12H20N2O3. The maximum Gasteiger partial charge on any atom is 0.331 e. The molecule has 0 unspecified atom stereocenters. The van der Waals surface area contributed by atoms with Crippen LogP contribution in [0.2, 0.25) is 0 Å². The summed E-state index contributed by atoms with van der Waals surface area (Å²) in [4.78, 5) is 24.7. The largest absolute Gasteiger partial charge is 0.478 e. The van der Waals surface area contributed by atoms with Crippen LogP contribution in [0.15, 0.2) is 11.1 Å². The number of nitrogens with one attached hydrogen (secondary N) is 1. The van der Waals surface area contributed by atoms with Gasteiger partial charge in [-0.3, -0.25) is 4.79 Å². The Morgan fingerprint density at radius 2 is 1.71 bits per heavy atom. The van der Waals surface area contributed by atoms with Crippen LogP contribution in [-0.4, -0.2) is 48.1 Å². The molecule has 0 radical (unpaired) electrons. The zero-order valence-corrected chi connectivity index (χ0v) is 10.6. The number of nitrogens with zero attached hydrogens (tertiary/aromatic N) is 1. The zero-order chi connectivity index (χ0) is 13.0. The first-order chi connectivity index (χ1) is 7.91. The summed E-state index contributed by atoms with van der Waals surface area (Å²) in [6.07, 6.45) is 1.84. The molecule has 0 aromatic heterocycles. The van der Waals surface area contributed by atoms with Crippen molar-refractivity contribution >= 4 is 11.9 Å². The Hall–Kier alpha value is -1.36. The van der Waals surface area contributed by atoms with Crippen LogP contribution in [-0.2, 0) is 9.59 Å². The van der Waals surface area contributed by atoms with Gasteiger partial charge >= 0.3 is 5.97 Å². The lowest BCUT2D eigenvalue weighted by molar-refractivity contribution is -0.133. The number of rotatable bonds is 3. The molecule has 1 saturated heterocycles. The predicted octanol–water partition coefficient (Wildman–Crippen LogP) is 0.618. The first-order valence-corrected chi connectivity index (χ1v) is 5.82. The normalized spacial score (nSPS) is 19.7. The summed E-state index contributed by atoms with van der Waals surface area (Å²) in [7, 11) is 2.05. The summed E-state index contributed by atoms with van der Waals surface area (Å²) in [6, 6.07) is 0.162. The number of hydrogen-bond acceptors (Lipinski definition) is 3. The van der Waals surface area contributed by atoms with E-state index in [2.05, 4.69) is 17.3 Å². The molecule has 0 aromatic rings. The summed E-state index contributed by atoms with van der Waals surface area (Å²) in [5.41, 5.74) is 0.395. The molecule has 0 bridgehead atoms. The van der Waals surface area contributed by atoms with Crippen molar-refractivity contribution in [2.24, 2.45) is 0 Å². The molecule has 1 aliphatic rings. The topological polar surface area (TPSA) is 69.6 Å². The maximum absolute atomic E-state index is 11.8. The second-order valence-electron chi connectivity index (χ2n) is 4.61. The van der Waals surface area contributed by atoms with E-state index in [9.17, 15) is 9.59 Å². The van der Waals surface area contributed by atoms with E-state index in [1.54, 1.807) is 6.92 Å². The van der Waals surface area contributed by atoms with Crippen LogP contribution in [0.3, 0.4) is 0 Å². The number of amides is 1.